The second kappa shape index (κ2) is 9.93. The predicted octanol–water partition coefficient (Wildman–Crippen LogP) is 3.07. The molecule has 0 aliphatic carbocycles. The van der Waals surface area contributed by atoms with Crippen molar-refractivity contribution >= 4 is 23.9 Å². The number of carbonyl (C=O) groups is 1. The van der Waals surface area contributed by atoms with Crippen LogP contribution in [0.3, 0.4) is 0 Å². The SMILES string of the molecule is Cc1c(C(=O)CCN2CCN(c3cc(F)ccc3F)CC2)cnn1-c1ncccn1.Cl. The summed E-state index contributed by atoms with van der Waals surface area (Å²) >= 11 is 0. The van der Waals surface area contributed by atoms with E-state index in [1.54, 1.807) is 29.3 Å². The van der Waals surface area contributed by atoms with Crippen molar-refractivity contribution < 1.29 is 13.6 Å². The van der Waals surface area contributed by atoms with Crippen LogP contribution in [0.2, 0.25) is 0 Å². The maximum absolute atomic E-state index is 14.0. The molecule has 10 heteroatoms. The summed E-state index contributed by atoms with van der Waals surface area (Å²) in [6.07, 6.45) is 5.16. The van der Waals surface area contributed by atoms with E-state index in [2.05, 4.69) is 20.0 Å². The second-order valence-corrected chi connectivity index (χ2v) is 7.20. The molecule has 0 bridgehead atoms. The molecule has 1 aliphatic heterocycles. The molecule has 0 saturated carbocycles. The molecule has 3 aromatic rings. The van der Waals surface area contributed by atoms with Crippen molar-refractivity contribution in [3.05, 3.63) is 65.7 Å². The van der Waals surface area contributed by atoms with E-state index in [1.807, 2.05) is 11.8 Å². The fourth-order valence-electron chi connectivity index (χ4n) is 3.62. The van der Waals surface area contributed by atoms with Gasteiger partial charge < -0.3 is 4.90 Å². The third-order valence-electron chi connectivity index (χ3n) is 5.33. The van der Waals surface area contributed by atoms with Gasteiger partial charge in [-0.2, -0.15) is 5.10 Å². The van der Waals surface area contributed by atoms with Crippen LogP contribution in [0.5, 0.6) is 0 Å². The standard InChI is InChI=1S/C21H22F2N6O.ClH/c1-15-17(14-26-29(15)21-24-6-2-7-25-21)20(30)5-8-27-9-11-28(12-10-27)19-13-16(22)3-4-18(19)23;/h2-4,6-7,13-14H,5,8-12H2,1H3;1H. The lowest BCUT2D eigenvalue weighted by molar-refractivity contribution is 0.0962. The van der Waals surface area contributed by atoms with E-state index in [9.17, 15) is 13.6 Å². The van der Waals surface area contributed by atoms with Gasteiger partial charge in [-0.15, -0.1) is 12.4 Å². The van der Waals surface area contributed by atoms with Crippen molar-refractivity contribution in [3.8, 4) is 5.95 Å². The number of halogens is 3. The normalized spacial score (nSPS) is 14.4. The number of hydrogen-bond donors (Lipinski definition) is 0. The number of hydrogen-bond acceptors (Lipinski definition) is 6. The Bertz CT molecular complexity index is 1040. The number of Topliss-reactive ketones (excluding diaryl/α,β-unsaturated/α-hetero) is 1. The van der Waals surface area contributed by atoms with E-state index >= 15 is 0 Å². The zero-order valence-electron chi connectivity index (χ0n) is 17.0. The smallest absolute Gasteiger partial charge is 0.250 e. The predicted molar refractivity (Wildman–Crippen MR) is 115 cm³/mol. The molecule has 0 atom stereocenters. The first-order valence-corrected chi connectivity index (χ1v) is 9.80. The monoisotopic (exact) mass is 448 g/mol. The van der Waals surface area contributed by atoms with Gasteiger partial charge in [0.05, 0.1) is 23.1 Å². The van der Waals surface area contributed by atoms with E-state index in [4.69, 9.17) is 0 Å². The van der Waals surface area contributed by atoms with Gasteiger partial charge in [-0.1, -0.05) is 0 Å². The van der Waals surface area contributed by atoms with Crippen molar-refractivity contribution in [2.24, 2.45) is 0 Å². The first-order chi connectivity index (χ1) is 14.5. The minimum absolute atomic E-state index is 0. The largest absolute Gasteiger partial charge is 0.367 e. The summed E-state index contributed by atoms with van der Waals surface area (Å²) in [6, 6.07) is 5.22. The van der Waals surface area contributed by atoms with E-state index < -0.39 is 11.6 Å². The quantitative estimate of drug-likeness (QED) is 0.540. The fraction of sp³-hybridized carbons (Fsp3) is 0.333. The molecule has 3 heterocycles. The first kappa shape index (κ1) is 22.8. The molecule has 1 aliphatic rings. The van der Waals surface area contributed by atoms with Crippen molar-refractivity contribution in [1.29, 1.82) is 0 Å². The summed E-state index contributed by atoms with van der Waals surface area (Å²) in [7, 11) is 0. The van der Waals surface area contributed by atoms with Crippen molar-refractivity contribution in [2.75, 3.05) is 37.6 Å². The van der Waals surface area contributed by atoms with Gasteiger partial charge >= 0.3 is 0 Å². The average molecular weight is 449 g/mol. The Morgan fingerprint density at radius 2 is 1.81 bits per heavy atom. The lowest BCUT2D eigenvalue weighted by Crippen LogP contribution is -2.47. The Hall–Kier alpha value is -2.91. The highest BCUT2D eigenvalue weighted by molar-refractivity contribution is 5.97. The fourth-order valence-corrected chi connectivity index (χ4v) is 3.62. The van der Waals surface area contributed by atoms with E-state index in [-0.39, 0.29) is 23.9 Å². The highest BCUT2D eigenvalue weighted by atomic mass is 35.5. The first-order valence-electron chi connectivity index (χ1n) is 9.80. The molecule has 0 N–H and O–H groups in total. The highest BCUT2D eigenvalue weighted by Gasteiger charge is 2.22. The Labute approximate surface area is 185 Å². The lowest BCUT2D eigenvalue weighted by Gasteiger charge is -2.36. The van der Waals surface area contributed by atoms with Crippen LogP contribution >= 0.6 is 12.4 Å². The summed E-state index contributed by atoms with van der Waals surface area (Å²) in [5, 5.41) is 4.25. The van der Waals surface area contributed by atoms with Crippen LogP contribution in [0.4, 0.5) is 14.5 Å². The molecular weight excluding hydrogens is 426 g/mol. The van der Waals surface area contributed by atoms with E-state index in [0.717, 1.165) is 12.1 Å². The van der Waals surface area contributed by atoms with Crippen LogP contribution < -0.4 is 4.90 Å². The number of aromatic nitrogens is 4. The number of rotatable bonds is 6. The number of carbonyl (C=O) groups excluding carboxylic acids is 1. The molecular formula is C21H23ClF2N6O. The molecule has 0 radical (unpaired) electrons. The Kier molecular flexibility index (Phi) is 7.29. The van der Waals surface area contributed by atoms with Crippen LogP contribution in [0.25, 0.3) is 5.95 Å². The summed E-state index contributed by atoms with van der Waals surface area (Å²) < 4.78 is 29.0. The maximum atomic E-state index is 14.0. The van der Waals surface area contributed by atoms with Gasteiger partial charge in [0.15, 0.2) is 5.78 Å². The molecule has 1 aromatic carbocycles. The second-order valence-electron chi connectivity index (χ2n) is 7.20. The molecule has 7 nitrogen and oxygen atoms in total. The van der Waals surface area contributed by atoms with Crippen molar-refractivity contribution in [1.82, 2.24) is 24.6 Å². The Morgan fingerprint density at radius 1 is 1.10 bits per heavy atom. The topological polar surface area (TPSA) is 67.2 Å². The summed E-state index contributed by atoms with van der Waals surface area (Å²) in [6.45, 7) is 4.94. The van der Waals surface area contributed by atoms with Gasteiger partial charge in [-0.25, -0.2) is 23.4 Å². The highest BCUT2D eigenvalue weighted by Crippen LogP contribution is 2.22. The molecule has 2 aromatic heterocycles. The minimum Gasteiger partial charge on any atom is -0.367 e. The number of nitrogens with zero attached hydrogens (tertiary/aromatic N) is 6. The zero-order valence-corrected chi connectivity index (χ0v) is 17.9. The summed E-state index contributed by atoms with van der Waals surface area (Å²) in [5.74, 6) is -0.436. The zero-order chi connectivity index (χ0) is 21.1. The van der Waals surface area contributed by atoms with Crippen LogP contribution in [0, 0.1) is 18.6 Å². The third kappa shape index (κ3) is 5.05. The van der Waals surface area contributed by atoms with Crippen LogP contribution in [-0.4, -0.2) is 63.2 Å². The van der Waals surface area contributed by atoms with Gasteiger partial charge in [0.1, 0.15) is 11.6 Å². The van der Waals surface area contributed by atoms with Gasteiger partial charge in [0.25, 0.3) is 5.95 Å². The molecule has 164 valence electrons. The number of piperazine rings is 1. The molecule has 4 rings (SSSR count). The molecule has 1 saturated heterocycles. The van der Waals surface area contributed by atoms with Crippen LogP contribution in [-0.2, 0) is 0 Å². The van der Waals surface area contributed by atoms with Gasteiger partial charge in [0.2, 0.25) is 0 Å². The molecule has 1 fully saturated rings. The molecule has 31 heavy (non-hydrogen) atoms. The Morgan fingerprint density at radius 3 is 2.52 bits per heavy atom. The molecule has 0 amide bonds. The molecule has 0 spiro atoms. The van der Waals surface area contributed by atoms with E-state index in [0.29, 0.717) is 56.4 Å². The minimum atomic E-state index is -0.448. The number of anilines is 1. The Balaban J connectivity index is 0.00000272. The van der Waals surface area contributed by atoms with Crippen LogP contribution in [0.1, 0.15) is 22.5 Å². The lowest BCUT2D eigenvalue weighted by atomic mass is 10.1. The van der Waals surface area contributed by atoms with E-state index in [1.165, 1.54) is 6.07 Å². The average Bonchev–Trinajstić information content (AvgIpc) is 3.16. The summed E-state index contributed by atoms with van der Waals surface area (Å²) in [4.78, 5) is 25.0. The van der Waals surface area contributed by atoms with Gasteiger partial charge in [0, 0.05) is 57.6 Å². The summed E-state index contributed by atoms with van der Waals surface area (Å²) in [5.41, 5.74) is 1.55. The number of ketones is 1. The van der Waals surface area contributed by atoms with Crippen LogP contribution in [0.15, 0.2) is 42.9 Å². The van der Waals surface area contributed by atoms with Gasteiger partial charge in [-0.05, 0) is 25.1 Å². The van der Waals surface area contributed by atoms with Gasteiger partial charge in [-0.3, -0.25) is 9.69 Å². The van der Waals surface area contributed by atoms with Crippen molar-refractivity contribution in [3.63, 3.8) is 0 Å². The maximum Gasteiger partial charge on any atom is 0.250 e. The van der Waals surface area contributed by atoms with Crippen molar-refractivity contribution in [2.45, 2.75) is 13.3 Å². The molecule has 0 unspecified atom stereocenters. The third-order valence-corrected chi connectivity index (χ3v) is 5.33. The number of benzene rings is 1.